The van der Waals surface area contributed by atoms with E-state index in [1.807, 2.05) is 42.5 Å². The predicted molar refractivity (Wildman–Crippen MR) is 311 cm³/mol. The zero-order valence-electron chi connectivity index (χ0n) is 41.6. The third-order valence-corrected chi connectivity index (χ3v) is 14.3. The number of benzene rings is 6. The van der Waals surface area contributed by atoms with E-state index in [1.54, 1.807) is 12.2 Å². The van der Waals surface area contributed by atoms with E-state index >= 15 is 0 Å². The molecule has 2 heterocycles. The van der Waals surface area contributed by atoms with Crippen LogP contribution in [0.1, 0.15) is 56.1 Å². The number of aromatic nitrogens is 1. The molecule has 3 nitrogen and oxygen atoms in total. The fourth-order valence-corrected chi connectivity index (χ4v) is 10.7. The average Bonchev–Trinajstić information content (AvgIpc) is 4.05. The number of fused-ring (bicyclic) bond motifs is 6. The summed E-state index contributed by atoms with van der Waals surface area (Å²) in [5, 5.41) is 3.57. The Morgan fingerprint density at radius 2 is 1.40 bits per heavy atom. The quantitative estimate of drug-likeness (QED) is 0.0901. The normalized spacial score (nSPS) is 14.8. The number of allylic oxidation sites excluding steroid dienone is 17. The van der Waals surface area contributed by atoms with Gasteiger partial charge in [0, 0.05) is 45.2 Å². The second-order valence-electron chi connectivity index (χ2n) is 18.9. The zero-order valence-corrected chi connectivity index (χ0v) is 41.6. The number of para-hydroxylation sites is 1. The highest BCUT2D eigenvalue weighted by molar-refractivity contribution is 6.10. The molecule has 0 unspecified atom stereocenters. The number of nitrogens with zero attached hydrogens (tertiary/aromatic N) is 2. The van der Waals surface area contributed by atoms with Gasteiger partial charge in [-0.25, -0.2) is 0 Å². The molecule has 0 atom stereocenters. The van der Waals surface area contributed by atoms with Crippen molar-refractivity contribution in [3.05, 3.63) is 284 Å². The highest BCUT2D eigenvalue weighted by Gasteiger charge is 2.39. The van der Waals surface area contributed by atoms with Crippen LogP contribution in [0.3, 0.4) is 0 Å². The summed E-state index contributed by atoms with van der Waals surface area (Å²) in [6.07, 6.45) is 32.2. The second-order valence-corrected chi connectivity index (χ2v) is 18.9. The van der Waals surface area contributed by atoms with Crippen LogP contribution in [0.15, 0.2) is 266 Å². The lowest BCUT2D eigenvalue weighted by atomic mass is 9.79. The van der Waals surface area contributed by atoms with Gasteiger partial charge in [-0.3, -0.25) is 0 Å². The van der Waals surface area contributed by atoms with Gasteiger partial charge in [0.05, 0.1) is 11.0 Å². The maximum atomic E-state index is 6.00. The van der Waals surface area contributed by atoms with E-state index in [9.17, 15) is 0 Å². The van der Waals surface area contributed by atoms with Crippen LogP contribution in [0.2, 0.25) is 0 Å². The topological polar surface area (TPSA) is 21.3 Å². The molecule has 0 saturated carbocycles. The summed E-state index contributed by atoms with van der Waals surface area (Å²) in [5.74, 6) is 0.819. The van der Waals surface area contributed by atoms with Gasteiger partial charge in [-0.05, 0) is 154 Å². The maximum absolute atomic E-state index is 6.00. The molecule has 3 heteroatoms. The standard InChI is InChI=1S/C69H60N2O/c1-8-13-15-16-21-48-26-34-56(35-27-48)70(42-19-22-50(12-5)49(11-4)20-10-3)57-36-38-60-61-39-37-58(47-65(61)69(6,7)64(60)46-57)71-66-25-18-17-24-62(66)63-45-54(32-40-67(63)71)52-30-28-51(29-31-52)53-33-41-68-55(43-53)44-59(72-68)23-14-9-2/h8-35,37,39-41,43-47H,1-4,36,38,42H2,5-7H3/b15-13-,21-16+,22-19-,23-14-,49-20+,50-12+. The zero-order chi connectivity index (χ0) is 49.8. The van der Waals surface area contributed by atoms with Crippen LogP contribution < -0.4 is 4.90 Å². The first-order chi connectivity index (χ1) is 35.2. The molecule has 6 aromatic carbocycles. The van der Waals surface area contributed by atoms with Crippen LogP contribution >= 0.6 is 0 Å². The van der Waals surface area contributed by atoms with E-state index in [4.69, 9.17) is 4.42 Å². The maximum Gasteiger partial charge on any atom is 0.134 e. The van der Waals surface area contributed by atoms with E-state index in [0.717, 1.165) is 58.4 Å². The highest BCUT2D eigenvalue weighted by atomic mass is 16.3. The second kappa shape index (κ2) is 20.4. The molecule has 0 aliphatic heterocycles. The van der Waals surface area contributed by atoms with Gasteiger partial charge < -0.3 is 13.9 Å². The summed E-state index contributed by atoms with van der Waals surface area (Å²) in [5.41, 5.74) is 20.4. The van der Waals surface area contributed by atoms with E-state index in [2.05, 4.69) is 226 Å². The SMILES string of the molecule is C=C/C=C\C=C\c1ccc(N(C\C=C/C(=C\C)C(/C=C)=C/C=C)C2=CC3=C(CC2)c2ccc(-n4c5ccccc5c5cc(-c6ccc(-c7ccc8oc(/C=C\C=C)cc8c7)cc6)ccc54)cc2C3(C)C)cc1. The number of hydrogen-bond donors (Lipinski definition) is 0. The highest BCUT2D eigenvalue weighted by Crippen LogP contribution is 2.52. The third-order valence-electron chi connectivity index (χ3n) is 14.3. The van der Waals surface area contributed by atoms with Gasteiger partial charge >= 0.3 is 0 Å². The van der Waals surface area contributed by atoms with Gasteiger partial charge in [0.2, 0.25) is 0 Å². The van der Waals surface area contributed by atoms with Crippen LogP contribution in [0.4, 0.5) is 5.69 Å². The van der Waals surface area contributed by atoms with Crippen molar-refractivity contribution in [2.45, 2.75) is 39.0 Å². The Labute approximate surface area is 425 Å². The summed E-state index contributed by atoms with van der Waals surface area (Å²) < 4.78 is 8.45. The molecule has 0 N–H and O–H groups in total. The Morgan fingerprint density at radius 1 is 0.667 bits per heavy atom. The molecular formula is C69H60N2O. The minimum atomic E-state index is -0.206. The molecule has 2 aliphatic carbocycles. The molecule has 2 aliphatic rings. The number of hydrogen-bond acceptors (Lipinski definition) is 2. The van der Waals surface area contributed by atoms with Crippen molar-refractivity contribution in [2.24, 2.45) is 0 Å². The summed E-state index contributed by atoms with van der Waals surface area (Å²) >= 11 is 0. The smallest absolute Gasteiger partial charge is 0.134 e. The Balaban J connectivity index is 0.959. The molecule has 352 valence electrons. The van der Waals surface area contributed by atoms with E-state index in [0.29, 0.717) is 0 Å². The van der Waals surface area contributed by atoms with Gasteiger partial charge in [-0.1, -0.05) is 192 Å². The first-order valence-corrected chi connectivity index (χ1v) is 24.9. The molecule has 0 amide bonds. The Morgan fingerprint density at radius 3 is 2.15 bits per heavy atom. The van der Waals surface area contributed by atoms with Crippen molar-refractivity contribution in [3.8, 4) is 27.9 Å². The van der Waals surface area contributed by atoms with Gasteiger partial charge in [-0.15, -0.1) is 0 Å². The minimum absolute atomic E-state index is 0.206. The molecular weight excluding hydrogens is 873 g/mol. The van der Waals surface area contributed by atoms with Gasteiger partial charge in [0.1, 0.15) is 11.3 Å². The minimum Gasteiger partial charge on any atom is -0.457 e. The molecule has 0 radical (unpaired) electrons. The number of furan rings is 1. The van der Waals surface area contributed by atoms with E-state index < -0.39 is 0 Å². The summed E-state index contributed by atoms with van der Waals surface area (Å²) in [4.78, 5) is 2.48. The lowest BCUT2D eigenvalue weighted by Crippen LogP contribution is -2.26. The molecule has 0 spiro atoms. The Bertz CT molecular complexity index is 3690. The van der Waals surface area contributed by atoms with Gasteiger partial charge in [0.25, 0.3) is 0 Å². The van der Waals surface area contributed by atoms with Crippen molar-refractivity contribution < 1.29 is 4.42 Å². The summed E-state index contributed by atoms with van der Waals surface area (Å²) in [6.45, 7) is 23.1. The molecule has 0 bridgehead atoms. The van der Waals surface area contributed by atoms with Crippen molar-refractivity contribution in [1.82, 2.24) is 4.57 Å². The molecule has 72 heavy (non-hydrogen) atoms. The summed E-state index contributed by atoms with van der Waals surface area (Å²) in [6, 6.07) is 49.2. The van der Waals surface area contributed by atoms with Crippen LogP contribution in [0.25, 0.3) is 78.4 Å². The Kier molecular flexibility index (Phi) is 13.3. The summed E-state index contributed by atoms with van der Waals surface area (Å²) in [7, 11) is 0. The van der Waals surface area contributed by atoms with Crippen molar-refractivity contribution >= 4 is 56.2 Å². The molecule has 2 aromatic heterocycles. The van der Waals surface area contributed by atoms with Crippen LogP contribution in [-0.4, -0.2) is 11.1 Å². The first kappa shape index (κ1) is 47.0. The largest absolute Gasteiger partial charge is 0.457 e. The van der Waals surface area contributed by atoms with E-state index in [1.165, 1.54) is 77.8 Å². The fraction of sp³-hybridized carbons (Fsp3) is 0.101. The van der Waals surface area contributed by atoms with Crippen molar-refractivity contribution in [2.75, 3.05) is 11.4 Å². The lowest BCUT2D eigenvalue weighted by Gasteiger charge is -2.32. The van der Waals surface area contributed by atoms with Crippen LogP contribution in [0.5, 0.6) is 0 Å². The molecule has 0 saturated heterocycles. The third kappa shape index (κ3) is 9.02. The molecule has 8 aromatic rings. The van der Waals surface area contributed by atoms with Gasteiger partial charge in [-0.2, -0.15) is 0 Å². The monoisotopic (exact) mass is 932 g/mol. The lowest BCUT2D eigenvalue weighted by molar-refractivity contribution is 0.604. The molecule has 0 fully saturated rings. The van der Waals surface area contributed by atoms with Crippen LogP contribution in [0, 0.1) is 0 Å². The number of rotatable bonds is 16. The van der Waals surface area contributed by atoms with E-state index in [-0.39, 0.29) is 5.41 Å². The number of anilines is 1. The fourth-order valence-electron chi connectivity index (χ4n) is 10.7. The van der Waals surface area contributed by atoms with Crippen molar-refractivity contribution in [1.29, 1.82) is 0 Å². The predicted octanol–water partition coefficient (Wildman–Crippen LogP) is 18.8. The molecule has 10 rings (SSSR count). The average molecular weight is 933 g/mol. The van der Waals surface area contributed by atoms with Crippen molar-refractivity contribution in [3.63, 3.8) is 0 Å². The Hall–Kier alpha value is -8.66. The van der Waals surface area contributed by atoms with Gasteiger partial charge in [0.15, 0.2) is 0 Å². The first-order valence-electron chi connectivity index (χ1n) is 24.9. The van der Waals surface area contributed by atoms with Crippen LogP contribution in [-0.2, 0) is 5.41 Å².